The van der Waals surface area contributed by atoms with E-state index in [1.807, 2.05) is 60.7 Å². The van der Waals surface area contributed by atoms with Gasteiger partial charge in [0, 0.05) is 22.5 Å². The summed E-state index contributed by atoms with van der Waals surface area (Å²) in [7, 11) is 0. The molecule has 0 N–H and O–H groups in total. The van der Waals surface area contributed by atoms with E-state index in [0.29, 0.717) is 6.42 Å². The lowest BCUT2D eigenvalue weighted by molar-refractivity contribution is -0.119. The summed E-state index contributed by atoms with van der Waals surface area (Å²) >= 11 is 3.49. The van der Waals surface area contributed by atoms with Crippen molar-refractivity contribution in [3.8, 4) is 0 Å². The fourth-order valence-electron chi connectivity index (χ4n) is 3.64. The van der Waals surface area contributed by atoms with Gasteiger partial charge in [0.25, 0.3) is 0 Å². The van der Waals surface area contributed by atoms with E-state index < -0.39 is 0 Å². The van der Waals surface area contributed by atoms with Crippen molar-refractivity contribution in [2.45, 2.75) is 19.3 Å². The molecule has 138 valence electrons. The Bertz CT molecular complexity index is 1130. The highest BCUT2D eigenvalue weighted by atomic mass is 79.9. The SMILES string of the molecule is Cc1ccccc1C(C(=O)Cc1ccc2ncccc2c1)c1ccc(Br)cc1. The maximum Gasteiger partial charge on any atom is 0.149 e. The third kappa shape index (κ3) is 3.90. The van der Waals surface area contributed by atoms with Gasteiger partial charge in [-0.25, -0.2) is 0 Å². The van der Waals surface area contributed by atoms with E-state index in [-0.39, 0.29) is 11.7 Å². The summed E-state index contributed by atoms with van der Waals surface area (Å²) in [6, 6.07) is 26.2. The number of Topliss-reactive ketones (excluding diaryl/α,β-unsaturated/α-hetero) is 1. The van der Waals surface area contributed by atoms with E-state index in [2.05, 4.69) is 46.0 Å². The number of rotatable bonds is 5. The predicted molar refractivity (Wildman–Crippen MR) is 118 cm³/mol. The summed E-state index contributed by atoms with van der Waals surface area (Å²) in [6.45, 7) is 2.07. The van der Waals surface area contributed by atoms with Gasteiger partial charge in [-0.1, -0.05) is 64.5 Å². The van der Waals surface area contributed by atoms with Gasteiger partial charge in [-0.3, -0.25) is 9.78 Å². The number of pyridine rings is 1. The van der Waals surface area contributed by atoms with Gasteiger partial charge in [-0.2, -0.15) is 0 Å². The molecule has 2 nitrogen and oxygen atoms in total. The van der Waals surface area contributed by atoms with E-state index in [0.717, 1.165) is 37.6 Å². The van der Waals surface area contributed by atoms with Crippen molar-refractivity contribution < 1.29 is 4.79 Å². The zero-order chi connectivity index (χ0) is 19.5. The van der Waals surface area contributed by atoms with Gasteiger partial charge in [0.2, 0.25) is 0 Å². The molecule has 0 bridgehead atoms. The first kappa shape index (κ1) is 18.6. The Morgan fingerprint density at radius 2 is 1.75 bits per heavy atom. The van der Waals surface area contributed by atoms with Crippen LogP contribution in [0.4, 0.5) is 0 Å². The smallest absolute Gasteiger partial charge is 0.149 e. The molecule has 0 aliphatic rings. The number of aryl methyl sites for hydroxylation is 1. The van der Waals surface area contributed by atoms with E-state index in [1.54, 1.807) is 6.20 Å². The van der Waals surface area contributed by atoms with Crippen LogP contribution < -0.4 is 0 Å². The van der Waals surface area contributed by atoms with Gasteiger partial charge in [0.05, 0.1) is 11.4 Å². The summed E-state index contributed by atoms with van der Waals surface area (Å²) < 4.78 is 1.01. The van der Waals surface area contributed by atoms with Gasteiger partial charge in [-0.15, -0.1) is 0 Å². The fourth-order valence-corrected chi connectivity index (χ4v) is 3.91. The molecule has 4 rings (SSSR count). The van der Waals surface area contributed by atoms with Crippen molar-refractivity contribution in [3.63, 3.8) is 0 Å². The Balaban J connectivity index is 1.71. The Morgan fingerprint density at radius 1 is 0.964 bits per heavy atom. The number of hydrogen-bond donors (Lipinski definition) is 0. The number of halogens is 1. The summed E-state index contributed by atoms with van der Waals surface area (Å²) in [4.78, 5) is 17.8. The first-order valence-electron chi connectivity index (χ1n) is 9.29. The quantitative estimate of drug-likeness (QED) is 0.375. The second-order valence-electron chi connectivity index (χ2n) is 7.01. The van der Waals surface area contributed by atoms with Gasteiger partial charge in [0.15, 0.2) is 0 Å². The highest BCUT2D eigenvalue weighted by Crippen LogP contribution is 2.30. The molecule has 0 fully saturated rings. The molecule has 1 aromatic heterocycles. The van der Waals surface area contributed by atoms with Gasteiger partial charge in [0.1, 0.15) is 5.78 Å². The first-order valence-corrected chi connectivity index (χ1v) is 10.1. The number of nitrogens with zero attached hydrogens (tertiary/aromatic N) is 1. The second-order valence-corrected chi connectivity index (χ2v) is 7.93. The Hall–Kier alpha value is -2.78. The molecular formula is C25H20BrNO. The van der Waals surface area contributed by atoms with Crippen LogP contribution in [0.15, 0.2) is 89.5 Å². The van der Waals surface area contributed by atoms with Crippen LogP contribution in [0.5, 0.6) is 0 Å². The van der Waals surface area contributed by atoms with Crippen molar-refractivity contribution in [1.29, 1.82) is 0 Å². The normalized spacial score (nSPS) is 12.1. The molecular weight excluding hydrogens is 410 g/mol. The lowest BCUT2D eigenvalue weighted by Gasteiger charge is -2.19. The number of ketones is 1. The predicted octanol–water partition coefficient (Wildman–Crippen LogP) is 6.25. The molecule has 0 aliphatic carbocycles. The van der Waals surface area contributed by atoms with E-state index in [9.17, 15) is 4.79 Å². The highest BCUT2D eigenvalue weighted by molar-refractivity contribution is 9.10. The third-order valence-corrected chi connectivity index (χ3v) is 5.60. The third-order valence-electron chi connectivity index (χ3n) is 5.07. The topological polar surface area (TPSA) is 30.0 Å². The summed E-state index contributed by atoms with van der Waals surface area (Å²) in [5.74, 6) is -0.0845. The number of aromatic nitrogens is 1. The van der Waals surface area contributed by atoms with Crippen molar-refractivity contribution in [2.75, 3.05) is 0 Å². The number of hydrogen-bond acceptors (Lipinski definition) is 2. The fraction of sp³-hybridized carbons (Fsp3) is 0.120. The van der Waals surface area contributed by atoms with E-state index in [4.69, 9.17) is 0 Å². The highest BCUT2D eigenvalue weighted by Gasteiger charge is 2.24. The first-order chi connectivity index (χ1) is 13.6. The summed E-state index contributed by atoms with van der Waals surface area (Å²) in [6.07, 6.45) is 2.18. The molecule has 0 spiro atoms. The van der Waals surface area contributed by atoms with Gasteiger partial charge in [-0.05, 0) is 59.5 Å². The lowest BCUT2D eigenvalue weighted by atomic mass is 9.83. The molecule has 3 aromatic carbocycles. The minimum Gasteiger partial charge on any atom is -0.298 e. The Kier molecular flexibility index (Phi) is 5.36. The van der Waals surface area contributed by atoms with E-state index in [1.165, 1.54) is 0 Å². The van der Waals surface area contributed by atoms with Crippen LogP contribution in [-0.2, 0) is 11.2 Å². The van der Waals surface area contributed by atoms with Crippen LogP contribution in [0.2, 0.25) is 0 Å². The van der Waals surface area contributed by atoms with Crippen molar-refractivity contribution in [2.24, 2.45) is 0 Å². The Labute approximate surface area is 173 Å². The average molecular weight is 430 g/mol. The summed E-state index contributed by atoms with van der Waals surface area (Å²) in [5.41, 5.74) is 5.18. The summed E-state index contributed by atoms with van der Waals surface area (Å²) in [5, 5.41) is 1.06. The molecule has 1 unspecified atom stereocenters. The molecule has 0 aliphatic heterocycles. The zero-order valence-electron chi connectivity index (χ0n) is 15.6. The monoisotopic (exact) mass is 429 g/mol. The van der Waals surface area contributed by atoms with E-state index >= 15 is 0 Å². The van der Waals surface area contributed by atoms with Crippen LogP contribution in [0.1, 0.15) is 28.2 Å². The number of fused-ring (bicyclic) bond motifs is 1. The minimum absolute atomic E-state index is 0.194. The van der Waals surface area contributed by atoms with Gasteiger partial charge < -0.3 is 0 Å². The number of carbonyl (C=O) groups excluding carboxylic acids is 1. The van der Waals surface area contributed by atoms with Crippen molar-refractivity contribution in [3.05, 3.63) is 112 Å². The molecule has 4 aromatic rings. The van der Waals surface area contributed by atoms with Crippen LogP contribution in [0.3, 0.4) is 0 Å². The molecule has 0 amide bonds. The standard InChI is InChI=1S/C25H20BrNO/c1-17-5-2-3-7-22(17)25(19-9-11-21(26)12-10-19)24(28)16-18-8-13-23-20(15-18)6-4-14-27-23/h2-15,25H,16H2,1H3. The maximum absolute atomic E-state index is 13.5. The largest absolute Gasteiger partial charge is 0.298 e. The molecule has 1 atom stereocenters. The van der Waals surface area contributed by atoms with Crippen LogP contribution in [-0.4, -0.2) is 10.8 Å². The molecule has 0 saturated carbocycles. The van der Waals surface area contributed by atoms with Crippen LogP contribution in [0.25, 0.3) is 10.9 Å². The van der Waals surface area contributed by atoms with Gasteiger partial charge >= 0.3 is 0 Å². The minimum atomic E-state index is -0.279. The second kappa shape index (κ2) is 8.07. The van der Waals surface area contributed by atoms with Crippen molar-refractivity contribution >= 4 is 32.6 Å². The lowest BCUT2D eigenvalue weighted by Crippen LogP contribution is -2.17. The average Bonchev–Trinajstić information content (AvgIpc) is 2.71. The molecule has 0 radical (unpaired) electrons. The maximum atomic E-state index is 13.5. The Morgan fingerprint density at radius 3 is 2.54 bits per heavy atom. The molecule has 28 heavy (non-hydrogen) atoms. The van der Waals surface area contributed by atoms with Crippen LogP contribution in [0, 0.1) is 6.92 Å². The molecule has 0 saturated heterocycles. The molecule has 3 heteroatoms. The zero-order valence-corrected chi connectivity index (χ0v) is 17.2. The molecule has 1 heterocycles. The van der Waals surface area contributed by atoms with Crippen LogP contribution >= 0.6 is 15.9 Å². The number of benzene rings is 3. The van der Waals surface area contributed by atoms with Crippen molar-refractivity contribution in [1.82, 2.24) is 4.98 Å². The number of carbonyl (C=O) groups is 1.